The lowest BCUT2D eigenvalue weighted by molar-refractivity contribution is -0.153. The van der Waals surface area contributed by atoms with Crippen molar-refractivity contribution in [1.82, 2.24) is 4.90 Å². The first-order chi connectivity index (χ1) is 25.5. The highest BCUT2D eigenvalue weighted by atomic mass is 28.4. The fourth-order valence-electron chi connectivity index (χ4n) is 9.07. The monoisotopic (exact) mass is 763 g/mol. The number of benzene rings is 4. The molecule has 0 radical (unpaired) electrons. The van der Waals surface area contributed by atoms with Crippen molar-refractivity contribution >= 4 is 49.4 Å². The Hall–Kier alpha value is -4.03. The van der Waals surface area contributed by atoms with Crippen molar-refractivity contribution in [3.05, 3.63) is 121 Å². The minimum absolute atomic E-state index is 0.342. The quantitative estimate of drug-likeness (QED) is 0.134. The third-order valence-electron chi connectivity index (χ3n) is 11.2. The summed E-state index contributed by atoms with van der Waals surface area (Å²) in [7, 11) is -5.00. The molecular weight excluding hydrogens is 707 g/mol. The molecule has 2 fully saturated rings. The summed E-state index contributed by atoms with van der Waals surface area (Å²) in [6.45, 7) is 19.1. The third kappa shape index (κ3) is 7.00. The molecule has 5 atom stereocenters. The van der Waals surface area contributed by atoms with Crippen molar-refractivity contribution < 1.29 is 27.9 Å². The Morgan fingerprint density at radius 1 is 0.574 bits per heavy atom. The van der Waals surface area contributed by atoms with Gasteiger partial charge >= 0.3 is 12.1 Å². The third-order valence-corrected chi connectivity index (χ3v) is 21.3. The maximum Gasteiger partial charge on any atom is 0.411 e. The Balaban J connectivity index is 1.62. The summed E-state index contributed by atoms with van der Waals surface area (Å²) >= 11 is 0. The van der Waals surface area contributed by atoms with Crippen LogP contribution in [0.2, 0.25) is 10.1 Å². The van der Waals surface area contributed by atoms with Crippen LogP contribution in [0, 0.1) is 5.92 Å². The normalized spacial score (nSPS) is 21.9. The predicted molar refractivity (Wildman–Crippen MR) is 221 cm³/mol. The Morgan fingerprint density at radius 3 is 1.24 bits per heavy atom. The van der Waals surface area contributed by atoms with Gasteiger partial charge in [-0.3, -0.25) is 4.90 Å². The van der Waals surface area contributed by atoms with E-state index in [1.807, 2.05) is 45.0 Å². The van der Waals surface area contributed by atoms with Gasteiger partial charge in [0.15, 0.2) is 0 Å². The summed E-state index contributed by atoms with van der Waals surface area (Å²) in [6.07, 6.45) is -1.21. The van der Waals surface area contributed by atoms with Crippen molar-refractivity contribution in [2.24, 2.45) is 5.92 Å². The van der Waals surface area contributed by atoms with E-state index in [2.05, 4.69) is 139 Å². The molecule has 1 heterocycles. The Bertz CT molecular complexity index is 1810. The van der Waals surface area contributed by atoms with Crippen LogP contribution >= 0.6 is 0 Å². The molecule has 0 unspecified atom stereocenters. The van der Waals surface area contributed by atoms with Crippen LogP contribution in [0.4, 0.5) is 4.79 Å². The lowest BCUT2D eigenvalue weighted by Gasteiger charge is -2.52. The van der Waals surface area contributed by atoms with E-state index in [-0.39, 0.29) is 10.1 Å². The average Bonchev–Trinajstić information content (AvgIpc) is 3.68. The second kappa shape index (κ2) is 14.9. The van der Waals surface area contributed by atoms with Crippen LogP contribution in [0.25, 0.3) is 0 Å². The zero-order valence-corrected chi connectivity index (χ0v) is 35.5. The van der Waals surface area contributed by atoms with Crippen LogP contribution in [0.15, 0.2) is 121 Å². The highest BCUT2D eigenvalue weighted by Gasteiger charge is 2.68. The maximum atomic E-state index is 14.3. The van der Waals surface area contributed by atoms with E-state index in [9.17, 15) is 9.59 Å². The van der Waals surface area contributed by atoms with E-state index in [4.69, 9.17) is 18.3 Å². The number of amides is 1. The molecule has 1 aliphatic heterocycles. The first-order valence-electron chi connectivity index (χ1n) is 19.1. The minimum atomic E-state index is -3.20. The molecule has 1 amide bonds. The van der Waals surface area contributed by atoms with Crippen LogP contribution in [0.3, 0.4) is 0 Å². The number of ether oxygens (including phenoxy) is 2. The van der Waals surface area contributed by atoms with Crippen LogP contribution in [0.1, 0.15) is 68.7 Å². The summed E-state index contributed by atoms with van der Waals surface area (Å²) < 4.78 is 27.6. The van der Waals surface area contributed by atoms with Crippen molar-refractivity contribution in [3.63, 3.8) is 0 Å². The van der Waals surface area contributed by atoms with E-state index in [0.29, 0.717) is 6.42 Å². The molecule has 0 spiro atoms. The van der Waals surface area contributed by atoms with E-state index in [0.717, 1.165) is 20.7 Å². The molecule has 4 aromatic carbocycles. The van der Waals surface area contributed by atoms with Crippen molar-refractivity contribution in [2.45, 2.75) is 109 Å². The number of likely N-dealkylation sites (tertiary alicyclic amines) is 1. The molecule has 4 aromatic rings. The SMILES string of the molecule is COC(=O)[C@H]1[C@H]2C[C@H]([C@H](O[Si](c3ccccc3)(c3ccccc3)C(C)(C)C)[C@@H]2O[Si](c2ccccc2)(c2ccccc2)C(C)(C)C)N1C(=O)OC(C)(C)C. The van der Waals surface area contributed by atoms with Gasteiger partial charge in [0.25, 0.3) is 16.6 Å². The fourth-order valence-corrected chi connectivity index (χ4v) is 18.5. The highest BCUT2D eigenvalue weighted by Crippen LogP contribution is 2.51. The van der Waals surface area contributed by atoms with E-state index >= 15 is 0 Å². The number of nitrogens with zero attached hydrogens (tertiary/aromatic N) is 1. The molecule has 54 heavy (non-hydrogen) atoms. The molecule has 1 saturated carbocycles. The summed E-state index contributed by atoms with van der Waals surface area (Å²) in [5.41, 5.74) is -0.779. The second-order valence-corrected chi connectivity index (χ2v) is 26.3. The zero-order valence-electron chi connectivity index (χ0n) is 33.5. The number of esters is 1. The van der Waals surface area contributed by atoms with Gasteiger partial charge in [-0.25, -0.2) is 9.59 Å². The number of hydrogen-bond donors (Lipinski definition) is 0. The van der Waals surface area contributed by atoms with E-state index in [1.165, 1.54) is 7.11 Å². The Labute approximate surface area is 324 Å². The first-order valence-corrected chi connectivity index (χ1v) is 22.9. The number of fused-ring (bicyclic) bond motifs is 2. The van der Waals surface area contributed by atoms with Crippen molar-refractivity contribution in [2.75, 3.05) is 7.11 Å². The molecule has 286 valence electrons. The molecule has 0 aromatic heterocycles. The fraction of sp³-hybridized carbons (Fsp3) is 0.422. The Morgan fingerprint density at radius 2 is 0.926 bits per heavy atom. The summed E-state index contributed by atoms with van der Waals surface area (Å²) in [6, 6.07) is 40.8. The summed E-state index contributed by atoms with van der Waals surface area (Å²) in [5, 5.41) is 3.83. The number of carbonyl (C=O) groups is 2. The topological polar surface area (TPSA) is 74.3 Å². The van der Waals surface area contributed by atoms with Gasteiger partial charge in [-0.05, 0) is 58.0 Å². The minimum Gasteiger partial charge on any atom is -0.467 e. The van der Waals surface area contributed by atoms with Crippen LogP contribution < -0.4 is 20.7 Å². The zero-order chi connectivity index (χ0) is 39.1. The highest BCUT2D eigenvalue weighted by molar-refractivity contribution is 7.00. The smallest absolute Gasteiger partial charge is 0.411 e. The molecule has 0 N–H and O–H groups in total. The van der Waals surface area contributed by atoms with Crippen molar-refractivity contribution in [3.8, 4) is 0 Å². The summed E-state index contributed by atoms with van der Waals surface area (Å²) in [5.74, 6) is -0.895. The van der Waals surface area contributed by atoms with E-state index < -0.39 is 64.5 Å². The number of hydrogen-bond acceptors (Lipinski definition) is 6. The van der Waals surface area contributed by atoms with Gasteiger partial charge in [-0.1, -0.05) is 163 Å². The molecule has 1 saturated heterocycles. The van der Waals surface area contributed by atoms with Gasteiger partial charge in [0.1, 0.15) is 11.6 Å². The molecule has 7 nitrogen and oxygen atoms in total. The molecule has 1 aliphatic carbocycles. The van der Waals surface area contributed by atoms with Gasteiger partial charge in [0.2, 0.25) is 0 Å². The number of methoxy groups -OCH3 is 1. The second-order valence-electron chi connectivity index (χ2n) is 17.8. The van der Waals surface area contributed by atoms with Gasteiger partial charge in [0, 0.05) is 5.92 Å². The maximum absolute atomic E-state index is 14.3. The van der Waals surface area contributed by atoms with Gasteiger partial charge in [-0.2, -0.15) is 0 Å². The van der Waals surface area contributed by atoms with Crippen LogP contribution in [-0.4, -0.2) is 70.6 Å². The number of rotatable bonds is 9. The van der Waals surface area contributed by atoms with Crippen LogP contribution in [0.5, 0.6) is 0 Å². The van der Waals surface area contributed by atoms with E-state index in [1.54, 1.807) is 4.90 Å². The summed E-state index contributed by atoms with van der Waals surface area (Å²) in [4.78, 5) is 29.9. The standard InChI is InChI=1S/C45H57NO6Si2/c1-43(2,3)50-42(48)46-37-31-36(38(46)41(47)49-10)39(51-53(44(4,5)6,32-23-15-11-16-24-32)33-25-17-12-18-26-33)40(37)52-54(45(7,8)9,34-27-19-13-20-28-34)35-29-21-14-22-30-35/h11-30,36-40H,31H2,1-10H3/t36-,37-,38-,39-,40+/m1/s1. The average molecular weight is 764 g/mol. The Kier molecular flexibility index (Phi) is 10.9. The van der Waals surface area contributed by atoms with Gasteiger partial charge in [0.05, 0.1) is 25.4 Å². The predicted octanol–water partition coefficient (Wildman–Crippen LogP) is 7.06. The molecule has 9 heteroatoms. The lowest BCUT2D eigenvalue weighted by atomic mass is 9.95. The molecule has 6 rings (SSSR count). The number of piperidine rings is 1. The van der Waals surface area contributed by atoms with Crippen LogP contribution in [-0.2, 0) is 23.1 Å². The van der Waals surface area contributed by atoms with Gasteiger partial charge < -0.3 is 18.3 Å². The van der Waals surface area contributed by atoms with Crippen molar-refractivity contribution in [1.29, 1.82) is 0 Å². The largest absolute Gasteiger partial charge is 0.467 e. The van der Waals surface area contributed by atoms with Gasteiger partial charge in [-0.15, -0.1) is 0 Å². The molecule has 2 aliphatic rings. The number of carbonyl (C=O) groups excluding carboxylic acids is 2. The molecular formula is C45H57NO6Si2. The lowest BCUT2D eigenvalue weighted by Crippen LogP contribution is -2.74. The molecule has 2 bridgehead atoms. The first kappa shape index (κ1) is 39.7.